The maximum absolute atomic E-state index is 11.0. The molecule has 86 valence electrons. The lowest BCUT2D eigenvalue weighted by Crippen LogP contribution is -2.27. The summed E-state index contributed by atoms with van der Waals surface area (Å²) in [6.07, 6.45) is 1.90. The van der Waals surface area contributed by atoms with Crippen LogP contribution < -0.4 is 15.8 Å². The van der Waals surface area contributed by atoms with Gasteiger partial charge in [0.05, 0.1) is 6.54 Å². The molecule has 1 rings (SSSR count). The molecule has 1 aromatic rings. The Morgan fingerprint density at radius 2 is 2.12 bits per heavy atom. The predicted octanol–water partition coefficient (Wildman–Crippen LogP) is 1.34. The quantitative estimate of drug-likeness (QED) is 0.432. The largest absolute Gasteiger partial charge is 0.492 e. The summed E-state index contributed by atoms with van der Waals surface area (Å²) in [6.45, 7) is 4.40. The third-order valence-corrected chi connectivity index (χ3v) is 1.90. The highest BCUT2D eigenvalue weighted by atomic mass is 16.5. The highest BCUT2D eigenvalue weighted by Crippen LogP contribution is 2.12. The van der Waals surface area contributed by atoms with Gasteiger partial charge in [0.15, 0.2) is 0 Å². The molecular weight excluding hydrogens is 204 g/mol. The third-order valence-electron chi connectivity index (χ3n) is 1.90. The molecule has 0 aromatic heterocycles. The number of amides is 1. The first-order valence-electron chi connectivity index (χ1n) is 5.08. The molecule has 0 spiro atoms. The van der Waals surface area contributed by atoms with Crippen molar-refractivity contribution in [3.8, 4) is 5.75 Å². The fourth-order valence-electron chi connectivity index (χ4n) is 1.13. The van der Waals surface area contributed by atoms with Crippen LogP contribution in [0.25, 0.3) is 0 Å². The van der Waals surface area contributed by atoms with Crippen LogP contribution in [0.3, 0.4) is 0 Å². The van der Waals surface area contributed by atoms with Gasteiger partial charge in [-0.25, -0.2) is 0 Å². The summed E-state index contributed by atoms with van der Waals surface area (Å²) >= 11 is 0. The van der Waals surface area contributed by atoms with E-state index in [0.29, 0.717) is 25.3 Å². The van der Waals surface area contributed by atoms with E-state index in [0.717, 1.165) is 5.75 Å². The average molecular weight is 220 g/mol. The molecule has 0 heterocycles. The Morgan fingerprint density at radius 1 is 1.44 bits per heavy atom. The Balaban J connectivity index is 2.18. The van der Waals surface area contributed by atoms with Crippen LogP contribution in [0.5, 0.6) is 5.75 Å². The SMILES string of the molecule is C=CCC(=O)NCCOc1ccc(N)cc1. The average Bonchev–Trinajstić information content (AvgIpc) is 2.27. The molecular formula is C12H16N2O2. The zero-order valence-electron chi connectivity index (χ0n) is 9.11. The number of hydrogen-bond acceptors (Lipinski definition) is 3. The number of hydrogen-bond donors (Lipinski definition) is 2. The fourth-order valence-corrected chi connectivity index (χ4v) is 1.13. The van der Waals surface area contributed by atoms with E-state index in [1.165, 1.54) is 0 Å². The lowest BCUT2D eigenvalue weighted by molar-refractivity contribution is -0.120. The summed E-state index contributed by atoms with van der Waals surface area (Å²) in [5, 5.41) is 2.71. The van der Waals surface area contributed by atoms with Crippen LogP contribution in [-0.4, -0.2) is 19.1 Å². The first kappa shape index (κ1) is 12.1. The molecule has 0 aliphatic rings. The van der Waals surface area contributed by atoms with E-state index in [-0.39, 0.29) is 5.91 Å². The molecule has 0 saturated heterocycles. The molecule has 1 amide bonds. The minimum atomic E-state index is -0.0455. The molecule has 0 radical (unpaired) electrons. The van der Waals surface area contributed by atoms with Crippen LogP contribution in [0, 0.1) is 0 Å². The van der Waals surface area contributed by atoms with E-state index in [4.69, 9.17) is 10.5 Å². The zero-order chi connectivity index (χ0) is 11.8. The molecule has 1 aromatic carbocycles. The summed E-state index contributed by atoms with van der Waals surface area (Å²) < 4.78 is 5.39. The summed E-state index contributed by atoms with van der Waals surface area (Å²) in [5.74, 6) is 0.697. The van der Waals surface area contributed by atoms with Crippen molar-refractivity contribution >= 4 is 11.6 Å². The van der Waals surface area contributed by atoms with Gasteiger partial charge in [-0.2, -0.15) is 0 Å². The maximum atomic E-state index is 11.0. The van der Waals surface area contributed by atoms with Gasteiger partial charge in [-0.1, -0.05) is 6.08 Å². The number of nitrogens with two attached hydrogens (primary N) is 1. The standard InChI is InChI=1S/C12H16N2O2/c1-2-3-12(15)14-8-9-16-11-6-4-10(13)5-7-11/h2,4-7H,1,3,8-9,13H2,(H,14,15). The Labute approximate surface area is 95.1 Å². The number of ether oxygens (including phenoxy) is 1. The highest BCUT2D eigenvalue weighted by molar-refractivity contribution is 5.77. The molecule has 0 aliphatic carbocycles. The lowest BCUT2D eigenvalue weighted by atomic mass is 10.3. The van der Waals surface area contributed by atoms with Gasteiger partial charge in [0, 0.05) is 12.1 Å². The van der Waals surface area contributed by atoms with E-state index < -0.39 is 0 Å². The molecule has 0 atom stereocenters. The van der Waals surface area contributed by atoms with Crippen molar-refractivity contribution < 1.29 is 9.53 Å². The Morgan fingerprint density at radius 3 is 2.75 bits per heavy atom. The molecule has 0 fully saturated rings. The number of anilines is 1. The molecule has 0 saturated carbocycles. The number of carbonyl (C=O) groups is 1. The summed E-state index contributed by atoms with van der Waals surface area (Å²) in [6, 6.07) is 7.12. The summed E-state index contributed by atoms with van der Waals surface area (Å²) in [4.78, 5) is 11.0. The Bertz CT molecular complexity index is 347. The third kappa shape index (κ3) is 4.50. The molecule has 4 nitrogen and oxygen atoms in total. The second-order valence-corrected chi connectivity index (χ2v) is 3.26. The molecule has 3 N–H and O–H groups in total. The Hall–Kier alpha value is -1.97. The highest BCUT2D eigenvalue weighted by Gasteiger charge is 1.97. The normalized spacial score (nSPS) is 9.50. The molecule has 0 aliphatic heterocycles. The van der Waals surface area contributed by atoms with Crippen LogP contribution in [0.15, 0.2) is 36.9 Å². The second-order valence-electron chi connectivity index (χ2n) is 3.26. The fraction of sp³-hybridized carbons (Fsp3) is 0.250. The number of carbonyl (C=O) groups excluding carboxylic acids is 1. The number of nitrogens with one attached hydrogen (secondary N) is 1. The minimum Gasteiger partial charge on any atom is -0.492 e. The van der Waals surface area contributed by atoms with Gasteiger partial charge in [0.1, 0.15) is 12.4 Å². The van der Waals surface area contributed by atoms with Gasteiger partial charge >= 0.3 is 0 Å². The number of nitrogen functional groups attached to an aromatic ring is 1. The van der Waals surface area contributed by atoms with E-state index in [1.54, 1.807) is 30.3 Å². The van der Waals surface area contributed by atoms with Gasteiger partial charge < -0.3 is 15.8 Å². The van der Waals surface area contributed by atoms with Crippen LogP contribution in [-0.2, 0) is 4.79 Å². The van der Waals surface area contributed by atoms with Gasteiger partial charge in [0.2, 0.25) is 5.91 Å². The first-order chi connectivity index (χ1) is 7.72. The minimum absolute atomic E-state index is 0.0455. The van der Waals surface area contributed by atoms with Crippen molar-refractivity contribution in [3.05, 3.63) is 36.9 Å². The second kappa shape index (κ2) is 6.50. The van der Waals surface area contributed by atoms with Gasteiger partial charge in [-0.3, -0.25) is 4.79 Å². The lowest BCUT2D eigenvalue weighted by Gasteiger charge is -2.07. The molecule has 16 heavy (non-hydrogen) atoms. The van der Waals surface area contributed by atoms with Crippen LogP contribution in [0.1, 0.15) is 6.42 Å². The van der Waals surface area contributed by atoms with Gasteiger partial charge in [-0.15, -0.1) is 6.58 Å². The summed E-state index contributed by atoms with van der Waals surface area (Å²) in [5.41, 5.74) is 6.23. The van der Waals surface area contributed by atoms with Crippen LogP contribution >= 0.6 is 0 Å². The van der Waals surface area contributed by atoms with Crippen molar-refractivity contribution in [2.75, 3.05) is 18.9 Å². The maximum Gasteiger partial charge on any atom is 0.223 e. The van der Waals surface area contributed by atoms with Crippen molar-refractivity contribution in [2.24, 2.45) is 0 Å². The van der Waals surface area contributed by atoms with Crippen molar-refractivity contribution in [2.45, 2.75) is 6.42 Å². The van der Waals surface area contributed by atoms with Crippen molar-refractivity contribution in [1.29, 1.82) is 0 Å². The monoisotopic (exact) mass is 220 g/mol. The first-order valence-corrected chi connectivity index (χ1v) is 5.08. The molecule has 0 unspecified atom stereocenters. The van der Waals surface area contributed by atoms with E-state index >= 15 is 0 Å². The van der Waals surface area contributed by atoms with E-state index in [9.17, 15) is 4.79 Å². The smallest absolute Gasteiger partial charge is 0.223 e. The number of benzene rings is 1. The number of rotatable bonds is 6. The van der Waals surface area contributed by atoms with Crippen LogP contribution in [0.2, 0.25) is 0 Å². The topological polar surface area (TPSA) is 64.3 Å². The predicted molar refractivity (Wildman–Crippen MR) is 64.2 cm³/mol. The summed E-state index contributed by atoms with van der Waals surface area (Å²) in [7, 11) is 0. The van der Waals surface area contributed by atoms with Crippen molar-refractivity contribution in [3.63, 3.8) is 0 Å². The van der Waals surface area contributed by atoms with E-state index in [2.05, 4.69) is 11.9 Å². The van der Waals surface area contributed by atoms with Crippen molar-refractivity contribution in [1.82, 2.24) is 5.32 Å². The Kier molecular flexibility index (Phi) is 4.92. The van der Waals surface area contributed by atoms with Gasteiger partial charge in [0.25, 0.3) is 0 Å². The zero-order valence-corrected chi connectivity index (χ0v) is 9.11. The van der Waals surface area contributed by atoms with Gasteiger partial charge in [-0.05, 0) is 24.3 Å². The molecule has 0 bridgehead atoms. The van der Waals surface area contributed by atoms with E-state index in [1.807, 2.05) is 0 Å². The molecule has 4 heteroatoms. The van der Waals surface area contributed by atoms with Crippen LogP contribution in [0.4, 0.5) is 5.69 Å².